The Kier molecular flexibility index (Phi) is 5.44. The standard InChI is InChI=1S/C12H17BrN2O2/c1-3-15(8-12(17)14-2)7-9-6-10(13)4-5-11(9)16/h4-6,16H,3,7-8H2,1-2H3,(H,14,17). The maximum atomic E-state index is 11.3. The Morgan fingerprint density at radius 2 is 2.24 bits per heavy atom. The summed E-state index contributed by atoms with van der Waals surface area (Å²) >= 11 is 3.36. The Morgan fingerprint density at radius 3 is 2.82 bits per heavy atom. The van der Waals surface area contributed by atoms with E-state index < -0.39 is 0 Å². The van der Waals surface area contributed by atoms with Crippen molar-refractivity contribution in [3.63, 3.8) is 0 Å². The number of likely N-dealkylation sites (N-methyl/N-ethyl adjacent to an activating group) is 2. The molecule has 94 valence electrons. The van der Waals surface area contributed by atoms with E-state index in [2.05, 4.69) is 21.2 Å². The third-order valence-corrected chi connectivity index (χ3v) is 3.02. The molecule has 0 unspecified atom stereocenters. The molecule has 0 atom stereocenters. The fraction of sp³-hybridized carbons (Fsp3) is 0.417. The average molecular weight is 301 g/mol. The summed E-state index contributed by atoms with van der Waals surface area (Å²) in [4.78, 5) is 13.3. The molecule has 2 N–H and O–H groups in total. The number of hydrogen-bond donors (Lipinski definition) is 2. The second kappa shape index (κ2) is 6.61. The van der Waals surface area contributed by atoms with Crippen molar-refractivity contribution in [2.45, 2.75) is 13.5 Å². The van der Waals surface area contributed by atoms with Gasteiger partial charge >= 0.3 is 0 Å². The molecule has 0 heterocycles. The van der Waals surface area contributed by atoms with Gasteiger partial charge in [-0.1, -0.05) is 22.9 Å². The van der Waals surface area contributed by atoms with Gasteiger partial charge in [-0.25, -0.2) is 0 Å². The lowest BCUT2D eigenvalue weighted by Gasteiger charge is -2.20. The predicted octanol–water partition coefficient (Wildman–Crippen LogP) is 1.72. The summed E-state index contributed by atoms with van der Waals surface area (Å²) in [6.07, 6.45) is 0. The lowest BCUT2D eigenvalue weighted by Crippen LogP contribution is -2.35. The monoisotopic (exact) mass is 300 g/mol. The number of amides is 1. The van der Waals surface area contributed by atoms with E-state index in [1.54, 1.807) is 19.2 Å². The molecule has 0 spiro atoms. The zero-order chi connectivity index (χ0) is 12.8. The van der Waals surface area contributed by atoms with Gasteiger partial charge in [-0.3, -0.25) is 9.69 Å². The second-order valence-corrected chi connectivity index (χ2v) is 4.67. The van der Waals surface area contributed by atoms with E-state index in [0.29, 0.717) is 13.1 Å². The van der Waals surface area contributed by atoms with E-state index in [1.165, 1.54) is 0 Å². The van der Waals surface area contributed by atoms with E-state index in [4.69, 9.17) is 0 Å². The third kappa shape index (κ3) is 4.36. The molecule has 1 aromatic rings. The van der Waals surface area contributed by atoms with E-state index >= 15 is 0 Å². The summed E-state index contributed by atoms with van der Waals surface area (Å²) < 4.78 is 0.918. The lowest BCUT2D eigenvalue weighted by molar-refractivity contribution is -0.121. The number of nitrogens with one attached hydrogen (secondary N) is 1. The van der Waals surface area contributed by atoms with Gasteiger partial charge in [0.15, 0.2) is 0 Å². The number of benzene rings is 1. The number of carbonyl (C=O) groups is 1. The lowest BCUT2D eigenvalue weighted by atomic mass is 10.2. The highest BCUT2D eigenvalue weighted by Crippen LogP contribution is 2.23. The molecule has 0 aliphatic rings. The maximum absolute atomic E-state index is 11.3. The molecule has 0 aliphatic carbocycles. The van der Waals surface area contributed by atoms with Gasteiger partial charge in [-0.05, 0) is 24.7 Å². The number of halogens is 1. The van der Waals surface area contributed by atoms with Crippen molar-refractivity contribution in [1.29, 1.82) is 0 Å². The molecule has 0 fully saturated rings. The van der Waals surface area contributed by atoms with Crippen LogP contribution in [0.15, 0.2) is 22.7 Å². The summed E-state index contributed by atoms with van der Waals surface area (Å²) in [5, 5.41) is 12.3. The van der Waals surface area contributed by atoms with Gasteiger partial charge in [0.25, 0.3) is 0 Å². The smallest absolute Gasteiger partial charge is 0.233 e. The van der Waals surface area contributed by atoms with E-state index in [0.717, 1.165) is 16.6 Å². The van der Waals surface area contributed by atoms with Crippen LogP contribution in [0.25, 0.3) is 0 Å². The number of aromatic hydroxyl groups is 1. The molecular weight excluding hydrogens is 284 g/mol. The van der Waals surface area contributed by atoms with Gasteiger partial charge in [0, 0.05) is 23.6 Å². The molecule has 0 saturated heterocycles. The summed E-state index contributed by atoms with van der Waals surface area (Å²) in [7, 11) is 1.62. The molecule has 5 heteroatoms. The molecule has 0 aromatic heterocycles. The first-order chi connectivity index (χ1) is 8.06. The largest absolute Gasteiger partial charge is 0.508 e. The first-order valence-electron chi connectivity index (χ1n) is 5.47. The summed E-state index contributed by atoms with van der Waals surface area (Å²) in [6, 6.07) is 5.29. The number of rotatable bonds is 5. The molecule has 0 radical (unpaired) electrons. The quantitative estimate of drug-likeness (QED) is 0.871. The minimum absolute atomic E-state index is 0.0265. The van der Waals surface area contributed by atoms with Crippen LogP contribution in [-0.2, 0) is 11.3 Å². The highest BCUT2D eigenvalue weighted by atomic mass is 79.9. The van der Waals surface area contributed by atoms with Gasteiger partial charge in [0.2, 0.25) is 5.91 Å². The molecule has 1 rings (SSSR count). The number of phenols is 1. The highest BCUT2D eigenvalue weighted by Gasteiger charge is 2.11. The Morgan fingerprint density at radius 1 is 1.53 bits per heavy atom. The highest BCUT2D eigenvalue weighted by molar-refractivity contribution is 9.10. The number of nitrogens with zero attached hydrogens (tertiary/aromatic N) is 1. The van der Waals surface area contributed by atoms with Crippen molar-refractivity contribution >= 4 is 21.8 Å². The van der Waals surface area contributed by atoms with E-state index in [1.807, 2.05) is 17.9 Å². The molecular formula is C12H17BrN2O2. The zero-order valence-electron chi connectivity index (χ0n) is 10.0. The van der Waals surface area contributed by atoms with E-state index in [9.17, 15) is 9.90 Å². The van der Waals surface area contributed by atoms with Crippen LogP contribution in [0.3, 0.4) is 0 Å². The minimum atomic E-state index is -0.0265. The number of phenolic OH excluding ortho intramolecular Hbond substituents is 1. The van der Waals surface area contributed by atoms with Crippen LogP contribution < -0.4 is 5.32 Å². The molecule has 1 aromatic carbocycles. The van der Waals surface area contributed by atoms with Crippen molar-refractivity contribution in [2.75, 3.05) is 20.1 Å². The summed E-state index contributed by atoms with van der Waals surface area (Å²) in [5.41, 5.74) is 0.810. The number of hydrogen-bond acceptors (Lipinski definition) is 3. The first-order valence-corrected chi connectivity index (χ1v) is 6.26. The normalized spacial score (nSPS) is 10.6. The SMILES string of the molecule is CCN(CC(=O)NC)Cc1cc(Br)ccc1O. The van der Waals surface area contributed by atoms with Crippen molar-refractivity contribution in [3.05, 3.63) is 28.2 Å². The summed E-state index contributed by atoms with van der Waals surface area (Å²) in [6.45, 7) is 3.62. The topological polar surface area (TPSA) is 52.6 Å². The van der Waals surface area contributed by atoms with Crippen LogP contribution in [-0.4, -0.2) is 36.1 Å². The molecule has 0 saturated carbocycles. The van der Waals surface area contributed by atoms with Crippen LogP contribution in [0.5, 0.6) is 5.75 Å². The first kappa shape index (κ1) is 14.0. The molecule has 0 bridgehead atoms. The van der Waals surface area contributed by atoms with Crippen molar-refractivity contribution in [1.82, 2.24) is 10.2 Å². The van der Waals surface area contributed by atoms with Gasteiger partial charge in [0.05, 0.1) is 6.54 Å². The van der Waals surface area contributed by atoms with Gasteiger partial charge in [-0.2, -0.15) is 0 Å². The summed E-state index contributed by atoms with van der Waals surface area (Å²) in [5.74, 6) is 0.227. The maximum Gasteiger partial charge on any atom is 0.233 e. The predicted molar refractivity (Wildman–Crippen MR) is 70.8 cm³/mol. The van der Waals surface area contributed by atoms with Crippen LogP contribution >= 0.6 is 15.9 Å². The van der Waals surface area contributed by atoms with Crippen molar-refractivity contribution < 1.29 is 9.90 Å². The van der Waals surface area contributed by atoms with E-state index in [-0.39, 0.29) is 11.7 Å². The van der Waals surface area contributed by atoms with Crippen molar-refractivity contribution in [3.8, 4) is 5.75 Å². The van der Waals surface area contributed by atoms with Gasteiger partial charge < -0.3 is 10.4 Å². The number of carbonyl (C=O) groups excluding carboxylic acids is 1. The van der Waals surface area contributed by atoms with Crippen LogP contribution in [0, 0.1) is 0 Å². The van der Waals surface area contributed by atoms with Crippen molar-refractivity contribution in [2.24, 2.45) is 0 Å². The van der Waals surface area contributed by atoms with Gasteiger partial charge in [0.1, 0.15) is 5.75 Å². The Hall–Kier alpha value is -1.07. The average Bonchev–Trinajstić information content (AvgIpc) is 2.32. The van der Waals surface area contributed by atoms with Crippen LogP contribution in [0.2, 0.25) is 0 Å². The fourth-order valence-corrected chi connectivity index (χ4v) is 1.89. The fourth-order valence-electron chi connectivity index (χ4n) is 1.48. The molecule has 17 heavy (non-hydrogen) atoms. The second-order valence-electron chi connectivity index (χ2n) is 3.75. The Bertz CT molecular complexity index is 396. The minimum Gasteiger partial charge on any atom is -0.508 e. The Balaban J connectivity index is 2.73. The third-order valence-electron chi connectivity index (χ3n) is 2.53. The molecule has 0 aliphatic heterocycles. The zero-order valence-corrected chi connectivity index (χ0v) is 11.6. The molecule has 1 amide bonds. The van der Waals surface area contributed by atoms with Crippen LogP contribution in [0.4, 0.5) is 0 Å². The van der Waals surface area contributed by atoms with Crippen LogP contribution in [0.1, 0.15) is 12.5 Å². The van der Waals surface area contributed by atoms with Gasteiger partial charge in [-0.15, -0.1) is 0 Å². The Labute approximate surface area is 110 Å². The molecule has 4 nitrogen and oxygen atoms in total.